The van der Waals surface area contributed by atoms with Crippen LogP contribution in [-0.4, -0.2) is 64.2 Å². The van der Waals surface area contributed by atoms with Gasteiger partial charge in [0.05, 0.1) is 6.61 Å². The van der Waals surface area contributed by atoms with Crippen LogP contribution < -0.4 is 0 Å². The van der Waals surface area contributed by atoms with E-state index in [4.69, 9.17) is 19.3 Å². The van der Waals surface area contributed by atoms with Crippen molar-refractivity contribution in [3.8, 4) is 0 Å². The van der Waals surface area contributed by atoms with E-state index in [9.17, 15) is 15.0 Å². The van der Waals surface area contributed by atoms with E-state index in [1.165, 1.54) is 0 Å². The molecule has 5 unspecified atom stereocenters. The van der Waals surface area contributed by atoms with E-state index >= 15 is 0 Å². The number of hydrogen-bond acceptors (Lipinski definition) is 7. The van der Waals surface area contributed by atoms with Crippen molar-refractivity contribution >= 4 is 5.97 Å². The van der Waals surface area contributed by atoms with Crippen molar-refractivity contribution in [1.82, 2.24) is 0 Å². The number of fused-ring (bicyclic) bond motifs is 1. The van der Waals surface area contributed by atoms with Gasteiger partial charge in [-0.25, -0.2) is 4.79 Å². The Labute approximate surface area is 97.9 Å². The fourth-order valence-electron chi connectivity index (χ4n) is 2.12. The molecular formula is C10H16O7. The fourth-order valence-corrected chi connectivity index (χ4v) is 2.12. The molecule has 5 atom stereocenters. The average Bonchev–Trinajstić information content (AvgIpc) is 2.53. The summed E-state index contributed by atoms with van der Waals surface area (Å²) >= 11 is 0. The second-order valence-corrected chi connectivity index (χ2v) is 4.66. The molecule has 0 radical (unpaired) electrons. The summed E-state index contributed by atoms with van der Waals surface area (Å²) in [5, 5.41) is 28.2. The minimum Gasteiger partial charge on any atom is -0.455 e. The van der Waals surface area contributed by atoms with Crippen molar-refractivity contribution in [2.75, 3.05) is 6.61 Å². The molecular weight excluding hydrogens is 232 g/mol. The van der Waals surface area contributed by atoms with Crippen LogP contribution in [0.1, 0.15) is 13.8 Å². The minimum absolute atomic E-state index is 0.530. The molecule has 0 amide bonds. The Bertz CT molecular complexity index is 316. The highest BCUT2D eigenvalue weighted by atomic mass is 16.8. The van der Waals surface area contributed by atoms with Gasteiger partial charge in [0, 0.05) is 0 Å². The van der Waals surface area contributed by atoms with Crippen molar-refractivity contribution in [2.24, 2.45) is 0 Å². The van der Waals surface area contributed by atoms with Crippen LogP contribution in [-0.2, 0) is 19.0 Å². The molecule has 0 saturated carbocycles. The average molecular weight is 248 g/mol. The molecule has 0 aromatic rings. The summed E-state index contributed by atoms with van der Waals surface area (Å²) in [7, 11) is 0. The van der Waals surface area contributed by atoms with Gasteiger partial charge < -0.3 is 29.5 Å². The Balaban J connectivity index is 2.24. The van der Waals surface area contributed by atoms with E-state index in [0.717, 1.165) is 0 Å². The fraction of sp³-hybridized carbons (Fsp3) is 0.900. The molecule has 2 aliphatic rings. The molecule has 7 nitrogen and oxygen atoms in total. The number of aliphatic hydroxyl groups is 3. The Morgan fingerprint density at radius 1 is 1.35 bits per heavy atom. The zero-order chi connectivity index (χ0) is 12.8. The maximum atomic E-state index is 11.3. The lowest BCUT2D eigenvalue weighted by molar-refractivity contribution is -0.341. The largest absolute Gasteiger partial charge is 0.455 e. The molecule has 2 aliphatic heterocycles. The first-order valence-corrected chi connectivity index (χ1v) is 5.39. The molecule has 2 heterocycles. The predicted molar refractivity (Wildman–Crippen MR) is 52.8 cm³/mol. The quantitative estimate of drug-likeness (QED) is 0.492. The molecule has 0 spiro atoms. The van der Waals surface area contributed by atoms with Gasteiger partial charge in [0.15, 0.2) is 18.0 Å². The Morgan fingerprint density at radius 2 is 2.00 bits per heavy atom. The molecule has 0 aromatic heterocycles. The van der Waals surface area contributed by atoms with Crippen LogP contribution in [0.25, 0.3) is 0 Å². The zero-order valence-electron chi connectivity index (χ0n) is 9.57. The Morgan fingerprint density at radius 3 is 2.59 bits per heavy atom. The highest BCUT2D eigenvalue weighted by molar-refractivity contribution is 5.78. The van der Waals surface area contributed by atoms with Gasteiger partial charge in [-0.15, -0.1) is 0 Å². The SMILES string of the molecule is CC1(C)OC(C(O)CO)C2OC(=O)C(O)C2O1. The number of esters is 1. The minimum atomic E-state index is -1.39. The Kier molecular flexibility index (Phi) is 3.13. The van der Waals surface area contributed by atoms with Gasteiger partial charge in [-0.05, 0) is 13.8 Å². The first-order valence-electron chi connectivity index (χ1n) is 5.39. The van der Waals surface area contributed by atoms with Crippen molar-refractivity contribution in [1.29, 1.82) is 0 Å². The summed E-state index contributed by atoms with van der Waals surface area (Å²) in [5.41, 5.74) is 0. The molecule has 0 aromatic carbocycles. The normalized spacial score (nSPS) is 41.8. The first kappa shape index (κ1) is 12.7. The van der Waals surface area contributed by atoms with Crippen molar-refractivity contribution < 1.29 is 34.3 Å². The lowest BCUT2D eigenvalue weighted by Gasteiger charge is -2.43. The second kappa shape index (κ2) is 4.18. The molecule has 2 rings (SSSR count). The standard InChI is InChI=1S/C10H16O7/c1-10(2)16-6(4(12)3-11)8-7(17-10)5(13)9(14)15-8/h4-8,11-13H,3H2,1-2H3. The summed E-state index contributed by atoms with van der Waals surface area (Å²) in [5.74, 6) is -1.88. The molecule has 2 fully saturated rings. The van der Waals surface area contributed by atoms with E-state index in [0.29, 0.717) is 0 Å². The van der Waals surface area contributed by atoms with Gasteiger partial charge in [0.1, 0.15) is 18.3 Å². The van der Waals surface area contributed by atoms with Gasteiger partial charge in [0.25, 0.3) is 0 Å². The van der Waals surface area contributed by atoms with Crippen molar-refractivity contribution in [2.45, 2.75) is 50.2 Å². The molecule has 2 saturated heterocycles. The number of carbonyl (C=O) groups excluding carboxylic acids is 1. The maximum Gasteiger partial charge on any atom is 0.338 e. The molecule has 3 N–H and O–H groups in total. The van der Waals surface area contributed by atoms with Crippen LogP contribution in [0, 0.1) is 0 Å². The highest BCUT2D eigenvalue weighted by Crippen LogP contribution is 2.35. The topological polar surface area (TPSA) is 105 Å². The summed E-state index contributed by atoms with van der Waals surface area (Å²) in [6, 6.07) is 0. The van der Waals surface area contributed by atoms with Crippen molar-refractivity contribution in [3.05, 3.63) is 0 Å². The van der Waals surface area contributed by atoms with E-state index < -0.39 is 48.9 Å². The smallest absolute Gasteiger partial charge is 0.338 e. The van der Waals surface area contributed by atoms with Crippen LogP contribution in [0.2, 0.25) is 0 Å². The van der Waals surface area contributed by atoms with Crippen LogP contribution in [0.3, 0.4) is 0 Å². The summed E-state index contributed by atoms with van der Waals surface area (Å²) in [4.78, 5) is 11.3. The van der Waals surface area contributed by atoms with Crippen LogP contribution in [0.5, 0.6) is 0 Å². The summed E-state index contributed by atoms with van der Waals surface area (Å²) in [6.45, 7) is 2.66. The number of aliphatic hydroxyl groups excluding tert-OH is 3. The number of hydrogen-bond donors (Lipinski definition) is 3. The van der Waals surface area contributed by atoms with Gasteiger partial charge in [-0.3, -0.25) is 0 Å². The lowest BCUT2D eigenvalue weighted by Crippen LogP contribution is -2.59. The number of rotatable bonds is 2. The third-order valence-electron chi connectivity index (χ3n) is 2.86. The van der Waals surface area contributed by atoms with Gasteiger partial charge in [0.2, 0.25) is 0 Å². The molecule has 0 bridgehead atoms. The maximum absolute atomic E-state index is 11.3. The van der Waals surface area contributed by atoms with Crippen LogP contribution in [0.15, 0.2) is 0 Å². The van der Waals surface area contributed by atoms with E-state index in [1.807, 2.05) is 0 Å². The van der Waals surface area contributed by atoms with Gasteiger partial charge in [-0.2, -0.15) is 0 Å². The van der Waals surface area contributed by atoms with Crippen LogP contribution in [0.4, 0.5) is 0 Å². The lowest BCUT2D eigenvalue weighted by atomic mass is 9.99. The highest BCUT2D eigenvalue weighted by Gasteiger charge is 2.56. The summed E-state index contributed by atoms with van der Waals surface area (Å²) in [6.07, 6.45) is -5.32. The van der Waals surface area contributed by atoms with Crippen LogP contribution >= 0.6 is 0 Å². The molecule has 17 heavy (non-hydrogen) atoms. The second-order valence-electron chi connectivity index (χ2n) is 4.66. The van der Waals surface area contributed by atoms with E-state index in [1.54, 1.807) is 13.8 Å². The molecule has 98 valence electrons. The number of ether oxygens (including phenoxy) is 3. The first-order chi connectivity index (χ1) is 7.85. The predicted octanol–water partition coefficient (Wildman–Crippen LogP) is -1.85. The number of carbonyl (C=O) groups is 1. The Hall–Kier alpha value is -0.730. The summed E-state index contributed by atoms with van der Waals surface area (Å²) < 4.78 is 15.7. The van der Waals surface area contributed by atoms with E-state index in [2.05, 4.69) is 0 Å². The third kappa shape index (κ3) is 2.16. The van der Waals surface area contributed by atoms with E-state index in [-0.39, 0.29) is 0 Å². The molecule has 0 aliphatic carbocycles. The molecule has 7 heteroatoms. The van der Waals surface area contributed by atoms with Gasteiger partial charge in [-0.1, -0.05) is 0 Å². The van der Waals surface area contributed by atoms with Gasteiger partial charge >= 0.3 is 5.97 Å². The zero-order valence-corrected chi connectivity index (χ0v) is 9.57. The van der Waals surface area contributed by atoms with Crippen molar-refractivity contribution in [3.63, 3.8) is 0 Å². The monoisotopic (exact) mass is 248 g/mol. The third-order valence-corrected chi connectivity index (χ3v) is 2.86.